The van der Waals surface area contributed by atoms with E-state index < -0.39 is 30.7 Å². The molecule has 0 bridgehead atoms. The van der Waals surface area contributed by atoms with E-state index in [-0.39, 0.29) is 26.4 Å². The highest BCUT2D eigenvalue weighted by Crippen LogP contribution is 2.25. The fourth-order valence-electron chi connectivity index (χ4n) is 2.33. The summed E-state index contributed by atoms with van der Waals surface area (Å²) in [6.07, 6.45) is -5.41. The maximum absolute atomic E-state index is 10.2. The first-order valence-corrected chi connectivity index (χ1v) is 7.17. The molecule has 0 amide bonds. The molecule has 1 aliphatic heterocycles. The summed E-state index contributed by atoms with van der Waals surface area (Å²) in [4.78, 5) is 0. The molecule has 1 aromatic rings. The lowest BCUT2D eigenvalue weighted by atomic mass is 9.99. The molecule has 0 aromatic heterocycles. The van der Waals surface area contributed by atoms with E-state index in [1.807, 2.05) is 30.3 Å². The fraction of sp³-hybridized carbons (Fsp3) is 0.600. The number of aliphatic hydroxyl groups is 4. The summed E-state index contributed by atoms with van der Waals surface area (Å²) in [5.41, 5.74) is 0.902. The minimum atomic E-state index is -1.32. The molecule has 0 aliphatic carbocycles. The summed E-state index contributed by atoms with van der Waals surface area (Å²) < 4.78 is 16.1. The molecular formula is C15H22O7. The van der Waals surface area contributed by atoms with E-state index >= 15 is 0 Å². The Morgan fingerprint density at radius 1 is 1.00 bits per heavy atom. The second kappa shape index (κ2) is 8.54. The molecule has 0 saturated carbocycles. The lowest BCUT2D eigenvalue weighted by Crippen LogP contribution is -2.60. The van der Waals surface area contributed by atoms with Crippen molar-refractivity contribution in [1.29, 1.82) is 0 Å². The van der Waals surface area contributed by atoms with Gasteiger partial charge >= 0.3 is 0 Å². The van der Waals surface area contributed by atoms with Crippen LogP contribution >= 0.6 is 0 Å². The van der Waals surface area contributed by atoms with Gasteiger partial charge in [-0.15, -0.1) is 0 Å². The Labute approximate surface area is 128 Å². The van der Waals surface area contributed by atoms with Crippen LogP contribution in [0.4, 0.5) is 0 Å². The first-order chi connectivity index (χ1) is 10.7. The summed E-state index contributed by atoms with van der Waals surface area (Å²) in [6, 6.07) is 9.35. The zero-order valence-electron chi connectivity index (χ0n) is 12.1. The highest BCUT2D eigenvalue weighted by Gasteiger charge is 2.45. The number of hydrogen-bond acceptors (Lipinski definition) is 7. The van der Waals surface area contributed by atoms with E-state index in [9.17, 15) is 15.3 Å². The molecular weight excluding hydrogens is 292 g/mol. The normalized spacial score (nSPS) is 32.1. The van der Waals surface area contributed by atoms with Crippen LogP contribution in [0, 0.1) is 0 Å². The van der Waals surface area contributed by atoms with Crippen molar-refractivity contribution >= 4 is 0 Å². The van der Waals surface area contributed by atoms with Gasteiger partial charge in [0.2, 0.25) is 0 Å². The molecule has 0 unspecified atom stereocenters. The fourth-order valence-corrected chi connectivity index (χ4v) is 2.33. The zero-order valence-corrected chi connectivity index (χ0v) is 12.1. The predicted octanol–water partition coefficient (Wildman–Crippen LogP) is -0.980. The van der Waals surface area contributed by atoms with Gasteiger partial charge in [-0.05, 0) is 5.56 Å². The van der Waals surface area contributed by atoms with Crippen molar-refractivity contribution in [3.05, 3.63) is 35.9 Å². The minimum Gasteiger partial charge on any atom is -0.394 e. The molecule has 124 valence electrons. The number of rotatable bonds is 7. The molecule has 0 spiro atoms. The molecule has 2 rings (SSSR count). The van der Waals surface area contributed by atoms with E-state index in [0.717, 1.165) is 5.56 Å². The van der Waals surface area contributed by atoms with Gasteiger partial charge in [0.1, 0.15) is 24.4 Å². The highest BCUT2D eigenvalue weighted by molar-refractivity contribution is 5.13. The second-order valence-corrected chi connectivity index (χ2v) is 5.06. The monoisotopic (exact) mass is 314 g/mol. The van der Waals surface area contributed by atoms with E-state index in [4.69, 9.17) is 19.3 Å². The Bertz CT molecular complexity index is 425. The third-order valence-electron chi connectivity index (χ3n) is 3.48. The SMILES string of the molecule is OCCO[C@H]1O[C@H](CO)[C@@H](OCc2ccccc2)[C@H](O)[C@H]1O. The lowest BCUT2D eigenvalue weighted by Gasteiger charge is -2.41. The molecule has 1 saturated heterocycles. The highest BCUT2D eigenvalue weighted by atomic mass is 16.7. The topological polar surface area (TPSA) is 109 Å². The minimum absolute atomic E-state index is 0.0395. The molecule has 22 heavy (non-hydrogen) atoms. The van der Waals surface area contributed by atoms with Gasteiger partial charge in [-0.2, -0.15) is 0 Å². The summed E-state index contributed by atoms with van der Waals surface area (Å²) in [5, 5.41) is 38.3. The smallest absolute Gasteiger partial charge is 0.186 e. The average Bonchev–Trinajstić information content (AvgIpc) is 2.56. The van der Waals surface area contributed by atoms with Gasteiger partial charge < -0.3 is 34.6 Å². The Morgan fingerprint density at radius 2 is 1.73 bits per heavy atom. The van der Waals surface area contributed by atoms with Crippen molar-refractivity contribution in [2.75, 3.05) is 19.8 Å². The Balaban J connectivity index is 1.97. The third kappa shape index (κ3) is 4.23. The van der Waals surface area contributed by atoms with Crippen molar-refractivity contribution in [2.24, 2.45) is 0 Å². The van der Waals surface area contributed by atoms with Crippen LogP contribution in [0.1, 0.15) is 5.56 Å². The Hall–Kier alpha value is -1.06. The van der Waals surface area contributed by atoms with Crippen LogP contribution in [0.5, 0.6) is 0 Å². The van der Waals surface area contributed by atoms with Gasteiger partial charge in [0, 0.05) is 0 Å². The molecule has 1 heterocycles. The second-order valence-electron chi connectivity index (χ2n) is 5.06. The maximum Gasteiger partial charge on any atom is 0.186 e. The van der Waals surface area contributed by atoms with E-state index in [1.54, 1.807) is 0 Å². The lowest BCUT2D eigenvalue weighted by molar-refractivity contribution is -0.309. The largest absolute Gasteiger partial charge is 0.394 e. The molecule has 1 fully saturated rings. The van der Waals surface area contributed by atoms with Crippen LogP contribution in [0.15, 0.2) is 30.3 Å². The number of benzene rings is 1. The zero-order chi connectivity index (χ0) is 15.9. The maximum atomic E-state index is 10.2. The summed E-state index contributed by atoms with van der Waals surface area (Å²) >= 11 is 0. The molecule has 0 radical (unpaired) electrons. The number of hydrogen-bond donors (Lipinski definition) is 4. The van der Waals surface area contributed by atoms with Gasteiger partial charge in [-0.25, -0.2) is 0 Å². The van der Waals surface area contributed by atoms with Gasteiger partial charge in [-0.3, -0.25) is 0 Å². The van der Waals surface area contributed by atoms with Crippen LogP contribution in [-0.2, 0) is 20.8 Å². The van der Waals surface area contributed by atoms with Crippen LogP contribution in [0.3, 0.4) is 0 Å². The van der Waals surface area contributed by atoms with Gasteiger partial charge in [0.15, 0.2) is 6.29 Å². The van der Waals surface area contributed by atoms with E-state index in [1.165, 1.54) is 0 Å². The van der Waals surface area contributed by atoms with Crippen LogP contribution in [-0.4, -0.2) is 71.0 Å². The molecule has 1 aliphatic rings. The first kappa shape index (κ1) is 17.3. The predicted molar refractivity (Wildman–Crippen MR) is 75.8 cm³/mol. The molecule has 1 aromatic carbocycles. The van der Waals surface area contributed by atoms with Crippen molar-refractivity contribution in [3.63, 3.8) is 0 Å². The molecule has 5 atom stereocenters. The van der Waals surface area contributed by atoms with Crippen LogP contribution in [0.2, 0.25) is 0 Å². The van der Waals surface area contributed by atoms with Crippen molar-refractivity contribution in [1.82, 2.24) is 0 Å². The molecule has 4 N–H and O–H groups in total. The van der Waals surface area contributed by atoms with Crippen molar-refractivity contribution in [3.8, 4) is 0 Å². The van der Waals surface area contributed by atoms with Gasteiger partial charge in [-0.1, -0.05) is 30.3 Å². The van der Waals surface area contributed by atoms with Crippen molar-refractivity contribution < 1.29 is 34.6 Å². The molecule has 7 nitrogen and oxygen atoms in total. The standard InChI is InChI=1S/C15H22O7/c16-6-7-20-15-13(19)12(18)14(11(8-17)22-15)21-9-10-4-2-1-3-5-10/h1-5,11-19H,6-9H2/t11-,12-,13-,14-,15+/m1/s1. The average molecular weight is 314 g/mol. The number of ether oxygens (including phenoxy) is 3. The Morgan fingerprint density at radius 3 is 2.36 bits per heavy atom. The quantitative estimate of drug-likeness (QED) is 0.512. The first-order valence-electron chi connectivity index (χ1n) is 7.17. The van der Waals surface area contributed by atoms with E-state index in [0.29, 0.717) is 0 Å². The van der Waals surface area contributed by atoms with E-state index in [2.05, 4.69) is 0 Å². The van der Waals surface area contributed by atoms with Gasteiger partial charge in [0.05, 0.1) is 26.4 Å². The third-order valence-corrected chi connectivity index (χ3v) is 3.48. The summed E-state index contributed by atoms with van der Waals surface area (Å²) in [5.74, 6) is 0. The summed E-state index contributed by atoms with van der Waals surface area (Å²) in [6.45, 7) is -0.442. The van der Waals surface area contributed by atoms with Gasteiger partial charge in [0.25, 0.3) is 0 Å². The van der Waals surface area contributed by atoms with Crippen molar-refractivity contribution in [2.45, 2.75) is 37.3 Å². The Kier molecular flexibility index (Phi) is 6.71. The van der Waals surface area contributed by atoms with Crippen LogP contribution in [0.25, 0.3) is 0 Å². The summed E-state index contributed by atoms with van der Waals surface area (Å²) in [7, 11) is 0. The molecule has 7 heteroatoms. The van der Waals surface area contributed by atoms with Crippen LogP contribution < -0.4 is 0 Å². The number of aliphatic hydroxyl groups excluding tert-OH is 4.